The molecule has 0 aliphatic heterocycles. The van der Waals surface area contributed by atoms with E-state index in [4.69, 9.17) is 0 Å². The highest BCUT2D eigenvalue weighted by Gasteiger charge is 2.37. The van der Waals surface area contributed by atoms with Gasteiger partial charge in [0.15, 0.2) is 17.3 Å². The molecule has 4 N–H and O–H groups in total. The molecule has 0 aromatic heterocycles. The number of fused-ring (bicyclic) bond motifs is 2. The van der Waals surface area contributed by atoms with E-state index in [-0.39, 0.29) is 23.1 Å². The lowest BCUT2D eigenvalue weighted by atomic mass is 9.79. The molecule has 112 valence electrons. The third-order valence-electron chi connectivity index (χ3n) is 3.91. The minimum Gasteiger partial charge on any atom is -0.504 e. The highest BCUT2D eigenvalue weighted by Crippen LogP contribution is 2.50. The highest BCUT2D eigenvalue weighted by molar-refractivity contribution is 6.14. The molecule has 1 aliphatic rings. The summed E-state index contributed by atoms with van der Waals surface area (Å²) in [5.74, 6) is -2.42. The molecule has 5 heteroatoms. The average molecular weight is 298 g/mol. The van der Waals surface area contributed by atoms with Gasteiger partial charge in [-0.05, 0) is 12.0 Å². The molecule has 22 heavy (non-hydrogen) atoms. The monoisotopic (exact) mass is 298 g/mol. The topological polar surface area (TPSA) is 98.0 Å². The van der Waals surface area contributed by atoms with Gasteiger partial charge in [0, 0.05) is 22.3 Å². The van der Waals surface area contributed by atoms with E-state index < -0.39 is 29.1 Å². The number of hydrogen-bond donors (Lipinski definition) is 4. The summed E-state index contributed by atoms with van der Waals surface area (Å²) < 4.78 is 0. The minimum absolute atomic E-state index is 0.0129. The quantitative estimate of drug-likeness (QED) is 0.503. The van der Waals surface area contributed by atoms with E-state index in [1.165, 1.54) is 6.08 Å². The lowest BCUT2D eigenvalue weighted by Gasteiger charge is -2.27. The number of hydrogen-bond acceptors (Lipinski definition) is 5. The van der Waals surface area contributed by atoms with Gasteiger partial charge in [-0.1, -0.05) is 30.3 Å². The second kappa shape index (κ2) is 4.89. The van der Waals surface area contributed by atoms with Crippen LogP contribution in [0.3, 0.4) is 0 Å². The first-order valence-electron chi connectivity index (χ1n) is 6.71. The fourth-order valence-corrected chi connectivity index (χ4v) is 2.88. The Morgan fingerprint density at radius 3 is 2.45 bits per heavy atom. The van der Waals surface area contributed by atoms with Gasteiger partial charge < -0.3 is 20.4 Å². The minimum atomic E-state index is -1.26. The first-order chi connectivity index (χ1) is 10.5. The largest absolute Gasteiger partial charge is 0.504 e. The zero-order valence-corrected chi connectivity index (χ0v) is 11.6. The molecular weight excluding hydrogens is 284 g/mol. The van der Waals surface area contributed by atoms with E-state index in [1.807, 2.05) is 0 Å². The second-order valence-electron chi connectivity index (χ2n) is 5.12. The van der Waals surface area contributed by atoms with E-state index >= 15 is 0 Å². The van der Waals surface area contributed by atoms with E-state index in [0.717, 1.165) is 0 Å². The zero-order chi connectivity index (χ0) is 16.0. The van der Waals surface area contributed by atoms with Crippen molar-refractivity contribution in [3.05, 3.63) is 64.7 Å². The van der Waals surface area contributed by atoms with E-state index in [0.29, 0.717) is 11.1 Å². The van der Waals surface area contributed by atoms with E-state index in [1.54, 1.807) is 24.3 Å². The van der Waals surface area contributed by atoms with Crippen LogP contribution in [-0.2, 0) is 6.42 Å². The van der Waals surface area contributed by atoms with Gasteiger partial charge in [-0.3, -0.25) is 4.79 Å². The molecular formula is C17H14O5. The van der Waals surface area contributed by atoms with Crippen molar-refractivity contribution in [2.24, 2.45) is 0 Å². The van der Waals surface area contributed by atoms with Crippen LogP contribution in [-0.4, -0.2) is 26.2 Å². The normalized spacial score (nSPS) is 16.0. The van der Waals surface area contributed by atoms with Crippen LogP contribution in [0.1, 0.15) is 38.7 Å². The number of aliphatic hydroxyl groups is 1. The van der Waals surface area contributed by atoms with Crippen LogP contribution in [0.15, 0.2) is 36.9 Å². The number of phenolic OH excluding ortho intramolecular Hbond substituents is 3. The Labute approximate surface area is 126 Å². The summed E-state index contributed by atoms with van der Waals surface area (Å²) in [4.78, 5) is 12.7. The van der Waals surface area contributed by atoms with Crippen molar-refractivity contribution >= 4 is 5.78 Å². The Morgan fingerprint density at radius 1 is 1.09 bits per heavy atom. The average Bonchev–Trinajstić information content (AvgIpc) is 2.53. The van der Waals surface area contributed by atoms with Crippen LogP contribution in [0, 0.1) is 0 Å². The summed E-state index contributed by atoms with van der Waals surface area (Å²) in [5, 5.41) is 40.5. The Balaban J connectivity index is 2.41. The van der Waals surface area contributed by atoms with Crippen LogP contribution >= 0.6 is 0 Å². The molecule has 0 saturated carbocycles. The number of carbonyl (C=O) groups excluding carboxylic acids is 1. The Hall–Kier alpha value is -2.79. The van der Waals surface area contributed by atoms with Gasteiger partial charge in [0.05, 0.1) is 0 Å². The third kappa shape index (κ3) is 1.72. The maximum atomic E-state index is 12.7. The summed E-state index contributed by atoms with van der Waals surface area (Å²) in [5.41, 5.74) is 0.718. The molecule has 1 aliphatic carbocycles. The molecule has 0 saturated heterocycles. The van der Waals surface area contributed by atoms with E-state index in [2.05, 4.69) is 6.58 Å². The lowest BCUT2D eigenvalue weighted by molar-refractivity contribution is 0.101. The van der Waals surface area contributed by atoms with Gasteiger partial charge in [-0.2, -0.15) is 0 Å². The number of ketones is 1. The van der Waals surface area contributed by atoms with Crippen LogP contribution in [0.5, 0.6) is 17.2 Å². The molecule has 1 unspecified atom stereocenters. The van der Waals surface area contributed by atoms with Gasteiger partial charge in [-0.15, -0.1) is 6.58 Å². The van der Waals surface area contributed by atoms with Crippen molar-refractivity contribution in [3.8, 4) is 17.2 Å². The molecule has 3 rings (SSSR count). The van der Waals surface area contributed by atoms with Gasteiger partial charge in [0.1, 0.15) is 6.10 Å². The van der Waals surface area contributed by atoms with Gasteiger partial charge in [0.25, 0.3) is 0 Å². The number of rotatable bonds is 2. The molecule has 1 atom stereocenters. The van der Waals surface area contributed by atoms with Crippen molar-refractivity contribution in [3.63, 3.8) is 0 Å². The smallest absolute Gasteiger partial charge is 0.201 e. The maximum Gasteiger partial charge on any atom is 0.201 e. The first-order valence-corrected chi connectivity index (χ1v) is 6.71. The molecule has 0 fully saturated rings. The van der Waals surface area contributed by atoms with Crippen molar-refractivity contribution in [1.82, 2.24) is 0 Å². The molecule has 0 radical (unpaired) electrons. The Kier molecular flexibility index (Phi) is 3.15. The number of allylic oxidation sites excluding steroid dienone is 1. The molecule has 0 heterocycles. The number of carbonyl (C=O) groups is 1. The number of phenols is 3. The Bertz CT molecular complexity index is 807. The maximum absolute atomic E-state index is 12.7. The molecule has 0 amide bonds. The number of aliphatic hydroxyl groups excluding tert-OH is 1. The van der Waals surface area contributed by atoms with E-state index in [9.17, 15) is 25.2 Å². The molecule has 2 aromatic rings. The van der Waals surface area contributed by atoms with Crippen molar-refractivity contribution in [2.75, 3.05) is 0 Å². The molecule has 2 aromatic carbocycles. The van der Waals surface area contributed by atoms with Gasteiger partial charge >= 0.3 is 0 Å². The summed E-state index contributed by atoms with van der Waals surface area (Å²) in [6.07, 6.45) is 0.313. The predicted molar refractivity (Wildman–Crippen MR) is 79.3 cm³/mol. The number of benzene rings is 2. The van der Waals surface area contributed by atoms with Crippen molar-refractivity contribution < 1.29 is 25.2 Å². The second-order valence-corrected chi connectivity index (χ2v) is 5.12. The summed E-state index contributed by atoms with van der Waals surface area (Å²) in [6, 6.07) is 6.49. The molecule has 0 spiro atoms. The third-order valence-corrected chi connectivity index (χ3v) is 3.91. The predicted octanol–water partition coefficient (Wildman–Crippen LogP) is 2.16. The van der Waals surface area contributed by atoms with Gasteiger partial charge in [0.2, 0.25) is 5.75 Å². The number of aromatic hydroxyl groups is 3. The molecule has 5 nitrogen and oxygen atoms in total. The van der Waals surface area contributed by atoms with Crippen LogP contribution < -0.4 is 0 Å². The van der Waals surface area contributed by atoms with Crippen LogP contribution in [0.2, 0.25) is 0 Å². The Morgan fingerprint density at radius 2 is 1.77 bits per heavy atom. The first kappa shape index (κ1) is 14.2. The summed E-state index contributed by atoms with van der Waals surface area (Å²) >= 11 is 0. The van der Waals surface area contributed by atoms with Crippen LogP contribution in [0.25, 0.3) is 0 Å². The highest BCUT2D eigenvalue weighted by atomic mass is 16.3. The molecule has 0 bridgehead atoms. The van der Waals surface area contributed by atoms with Crippen LogP contribution in [0.4, 0.5) is 0 Å². The standard InChI is InChI=1S/C17H14O5/c1-2-5-10-11-12(16(21)17(22)15(10)20)14(19)9-7-4-3-6-8(9)13(11)18/h2-4,6-7,14,19-22H,1,5H2. The summed E-state index contributed by atoms with van der Waals surface area (Å²) in [7, 11) is 0. The lowest BCUT2D eigenvalue weighted by Crippen LogP contribution is -2.21. The fourth-order valence-electron chi connectivity index (χ4n) is 2.88. The SMILES string of the molecule is C=CCc1c(O)c(O)c(O)c2c1C(=O)c1ccccc1C2O. The fraction of sp³-hybridized carbons (Fsp3) is 0.118. The van der Waals surface area contributed by atoms with Crippen molar-refractivity contribution in [1.29, 1.82) is 0 Å². The van der Waals surface area contributed by atoms with Crippen molar-refractivity contribution in [2.45, 2.75) is 12.5 Å². The zero-order valence-electron chi connectivity index (χ0n) is 11.6. The summed E-state index contributed by atoms with van der Waals surface area (Å²) in [6.45, 7) is 3.56. The van der Waals surface area contributed by atoms with Gasteiger partial charge in [-0.25, -0.2) is 0 Å².